The Hall–Kier alpha value is -4.34. The number of carboxylic acids is 1. The molecular weight excluding hydrogens is 583 g/mol. The fourth-order valence-electron chi connectivity index (χ4n) is 3.73. The highest BCUT2D eigenvalue weighted by molar-refractivity contribution is 7.13. The maximum absolute atomic E-state index is 14.9. The zero-order chi connectivity index (χ0) is 31.4. The number of aliphatic hydroxyl groups excluding tert-OH is 1. The normalized spacial score (nSPS) is 11.2. The highest BCUT2D eigenvalue weighted by atomic mass is 32.1. The fourth-order valence-corrected chi connectivity index (χ4v) is 4.55. The summed E-state index contributed by atoms with van der Waals surface area (Å²) in [5.74, 6) is -5.54. The van der Waals surface area contributed by atoms with Gasteiger partial charge in [-0.2, -0.15) is 0 Å². The predicted molar refractivity (Wildman–Crippen MR) is 146 cm³/mol. The third-order valence-electron chi connectivity index (χ3n) is 5.83. The Morgan fingerprint density at radius 2 is 1.71 bits per heavy atom. The molecule has 11 nitrogen and oxygen atoms in total. The summed E-state index contributed by atoms with van der Waals surface area (Å²) in [6.45, 7) is 0.529. The van der Waals surface area contributed by atoms with Crippen LogP contribution < -0.4 is 30.6 Å². The molecule has 0 aliphatic rings. The first-order chi connectivity index (χ1) is 19.7. The number of nitrogens with zero attached hydrogens (tertiary/aromatic N) is 2. The van der Waals surface area contributed by atoms with Crippen molar-refractivity contribution in [1.29, 1.82) is 0 Å². The molecule has 0 atom stereocenters. The van der Waals surface area contributed by atoms with Crippen LogP contribution in [0.25, 0.3) is 16.6 Å². The van der Waals surface area contributed by atoms with Crippen molar-refractivity contribution >= 4 is 28.2 Å². The second-order valence-corrected chi connectivity index (χ2v) is 10.6. The summed E-state index contributed by atoms with van der Waals surface area (Å²) in [5, 5.41) is 20.6. The van der Waals surface area contributed by atoms with E-state index in [1.807, 2.05) is 0 Å². The number of carbonyl (C=O) groups excluding carboxylic acids is 1. The number of aromatic carboxylic acids is 1. The zero-order valence-electron chi connectivity index (χ0n) is 23.2. The number of methoxy groups -OCH3 is 2. The number of hydrogen-bond donors (Lipinski definition) is 2. The molecule has 4 aromatic rings. The van der Waals surface area contributed by atoms with Gasteiger partial charge in [-0.1, -0.05) is 0 Å². The lowest BCUT2D eigenvalue weighted by Gasteiger charge is -2.21. The number of thiophene rings is 1. The smallest absolute Gasteiger partial charge is 0.333 e. The standard InChI is InChI=1S/C22H15F3N2O7S.C5H14NO/c1-32-14-4-3-10(23)18(25)9(14)7-34-16-6-13(11(24)5-15(16)33-2)27-20(28)17-12(26-22(27)31)8-35-19(17)21(29)30;1-6(2,3)4-5-7/h3-6,8H,7H2,1-2H3,(H,26,31)(H,29,30);7H,4-5H2,1-3H3/q;+1/p-1. The highest BCUT2D eigenvalue weighted by Crippen LogP contribution is 2.33. The summed E-state index contributed by atoms with van der Waals surface area (Å²) in [7, 11) is 8.59. The minimum absolute atomic E-state index is 0.0180. The number of aromatic amines is 1. The van der Waals surface area contributed by atoms with Gasteiger partial charge in [0, 0.05) is 17.5 Å². The topological polar surface area (TPSA) is 143 Å². The molecule has 2 aromatic carbocycles. The Kier molecular flexibility index (Phi) is 10.0. The summed E-state index contributed by atoms with van der Waals surface area (Å²) in [6, 6.07) is 3.81. The number of H-pyrrole nitrogens is 1. The molecular formula is C27H28F3N3O8S. The van der Waals surface area contributed by atoms with Crippen molar-refractivity contribution in [2.45, 2.75) is 6.61 Å². The molecule has 2 aromatic heterocycles. The van der Waals surface area contributed by atoms with Crippen molar-refractivity contribution in [2.24, 2.45) is 0 Å². The third kappa shape index (κ3) is 6.92. The summed E-state index contributed by atoms with van der Waals surface area (Å²) in [4.78, 5) is 38.8. The van der Waals surface area contributed by atoms with Gasteiger partial charge in [0.05, 0.1) is 75.0 Å². The number of halogens is 3. The molecule has 0 saturated heterocycles. The molecule has 0 aliphatic carbocycles. The molecule has 42 heavy (non-hydrogen) atoms. The Morgan fingerprint density at radius 3 is 2.26 bits per heavy atom. The molecule has 226 valence electrons. The third-order valence-corrected chi connectivity index (χ3v) is 6.79. The van der Waals surface area contributed by atoms with Gasteiger partial charge in [0.2, 0.25) is 0 Å². The Balaban J connectivity index is 0.000000616. The molecule has 0 aliphatic heterocycles. The Labute approximate surface area is 241 Å². The quantitative estimate of drug-likeness (QED) is 0.273. The molecule has 15 heteroatoms. The number of aromatic nitrogens is 2. The minimum Gasteiger partial charge on any atom is -0.544 e. The maximum Gasteiger partial charge on any atom is 0.333 e. The van der Waals surface area contributed by atoms with Gasteiger partial charge in [-0.3, -0.25) is 4.79 Å². The molecule has 0 spiro atoms. The van der Waals surface area contributed by atoms with Crippen molar-refractivity contribution in [2.75, 3.05) is 48.5 Å². The number of aliphatic hydroxyl groups is 1. The minimum atomic E-state index is -1.65. The second kappa shape index (κ2) is 13.1. The average Bonchev–Trinajstić information content (AvgIpc) is 3.34. The largest absolute Gasteiger partial charge is 0.544 e. The van der Waals surface area contributed by atoms with E-state index in [2.05, 4.69) is 26.1 Å². The lowest BCUT2D eigenvalue weighted by Crippen LogP contribution is -2.36. The van der Waals surface area contributed by atoms with Crippen molar-refractivity contribution < 1.29 is 46.9 Å². The lowest BCUT2D eigenvalue weighted by atomic mass is 10.2. The van der Waals surface area contributed by atoms with Crippen molar-refractivity contribution in [1.82, 2.24) is 9.55 Å². The Morgan fingerprint density at radius 1 is 1.05 bits per heavy atom. The van der Waals surface area contributed by atoms with Crippen molar-refractivity contribution in [3.05, 3.63) is 78.4 Å². The molecule has 0 bridgehead atoms. The van der Waals surface area contributed by atoms with Crippen LogP contribution in [-0.2, 0) is 6.61 Å². The molecule has 0 fully saturated rings. The van der Waals surface area contributed by atoms with Gasteiger partial charge in [-0.05, 0) is 12.1 Å². The average molecular weight is 612 g/mol. The van der Waals surface area contributed by atoms with E-state index in [4.69, 9.17) is 19.3 Å². The number of benzene rings is 2. The molecule has 0 amide bonds. The lowest BCUT2D eigenvalue weighted by molar-refractivity contribution is -0.870. The molecule has 0 unspecified atom stereocenters. The second-order valence-electron chi connectivity index (χ2n) is 9.73. The van der Waals surface area contributed by atoms with Gasteiger partial charge in [0.1, 0.15) is 18.9 Å². The van der Waals surface area contributed by atoms with E-state index in [1.165, 1.54) is 25.7 Å². The van der Waals surface area contributed by atoms with Crippen molar-refractivity contribution in [3.8, 4) is 22.9 Å². The first-order valence-corrected chi connectivity index (χ1v) is 13.0. The highest BCUT2D eigenvalue weighted by Gasteiger charge is 2.22. The monoisotopic (exact) mass is 611 g/mol. The molecule has 2 heterocycles. The van der Waals surface area contributed by atoms with Gasteiger partial charge < -0.3 is 38.7 Å². The van der Waals surface area contributed by atoms with Crippen LogP contribution in [0.15, 0.2) is 39.2 Å². The Bertz CT molecular complexity index is 1730. The van der Waals surface area contributed by atoms with E-state index in [0.29, 0.717) is 15.9 Å². The SMILES string of the molecule is COc1cc(F)c(-n2c(=O)[nH]c3csc(C(=O)[O-])c3c2=O)cc1OCc1c(OC)ccc(F)c1F.C[N+](C)(C)CCO. The molecule has 4 rings (SSSR count). The summed E-state index contributed by atoms with van der Waals surface area (Å²) in [5.41, 5.74) is -3.11. The van der Waals surface area contributed by atoms with Crippen LogP contribution in [0.2, 0.25) is 0 Å². The number of carbonyl (C=O) groups is 1. The van der Waals surface area contributed by atoms with E-state index in [-0.39, 0.29) is 40.3 Å². The molecule has 2 N–H and O–H groups in total. The number of fused-ring (bicyclic) bond motifs is 1. The summed E-state index contributed by atoms with van der Waals surface area (Å²) in [6.07, 6.45) is 0. The van der Waals surface area contributed by atoms with E-state index in [1.54, 1.807) is 0 Å². The van der Waals surface area contributed by atoms with Crippen LogP contribution >= 0.6 is 11.3 Å². The zero-order valence-corrected chi connectivity index (χ0v) is 24.1. The van der Waals surface area contributed by atoms with Crippen LogP contribution in [0.5, 0.6) is 17.2 Å². The summed E-state index contributed by atoms with van der Waals surface area (Å²) < 4.78 is 59.8. The van der Waals surface area contributed by atoms with E-state index in [9.17, 15) is 32.7 Å². The number of carboxylic acid groups (broad SMARTS) is 1. The summed E-state index contributed by atoms with van der Waals surface area (Å²) >= 11 is 0.661. The van der Waals surface area contributed by atoms with Crippen LogP contribution in [0, 0.1) is 17.5 Å². The number of ether oxygens (including phenoxy) is 3. The first kappa shape index (κ1) is 32.2. The number of likely N-dealkylation sites (N-methyl/N-ethyl adjacent to an activating group) is 1. The van der Waals surface area contributed by atoms with Gasteiger partial charge in [-0.25, -0.2) is 22.5 Å². The van der Waals surface area contributed by atoms with Gasteiger partial charge in [0.25, 0.3) is 5.56 Å². The first-order valence-electron chi connectivity index (χ1n) is 12.1. The number of rotatable bonds is 9. The van der Waals surface area contributed by atoms with Crippen LogP contribution in [-0.4, -0.2) is 73.6 Å². The predicted octanol–water partition coefficient (Wildman–Crippen LogP) is 1.80. The van der Waals surface area contributed by atoms with Crippen LogP contribution in [0.3, 0.4) is 0 Å². The van der Waals surface area contributed by atoms with Gasteiger partial charge >= 0.3 is 5.69 Å². The maximum atomic E-state index is 14.9. The van der Waals surface area contributed by atoms with E-state index < -0.39 is 51.8 Å². The van der Waals surface area contributed by atoms with E-state index >= 15 is 0 Å². The number of hydrogen-bond acceptors (Lipinski definition) is 9. The van der Waals surface area contributed by atoms with Gasteiger partial charge in [0.15, 0.2) is 29.0 Å². The van der Waals surface area contributed by atoms with Crippen LogP contribution in [0.1, 0.15) is 15.2 Å². The molecule has 0 radical (unpaired) electrons. The van der Waals surface area contributed by atoms with Gasteiger partial charge in [-0.15, -0.1) is 11.3 Å². The fraction of sp³-hybridized carbons (Fsp3) is 0.296. The number of quaternary nitrogens is 1. The van der Waals surface area contributed by atoms with Crippen LogP contribution in [0.4, 0.5) is 13.2 Å². The van der Waals surface area contributed by atoms with E-state index in [0.717, 1.165) is 29.2 Å². The molecule has 0 saturated carbocycles. The number of nitrogens with one attached hydrogen (secondary N) is 1. The van der Waals surface area contributed by atoms with Crippen molar-refractivity contribution in [3.63, 3.8) is 0 Å².